The highest BCUT2D eigenvalue weighted by molar-refractivity contribution is 9.10. The molecule has 19 heavy (non-hydrogen) atoms. The van der Waals surface area contributed by atoms with Gasteiger partial charge in [0.15, 0.2) is 0 Å². The van der Waals surface area contributed by atoms with Gasteiger partial charge < -0.3 is 9.84 Å². The molecule has 0 aliphatic heterocycles. The number of hydrogen-bond acceptors (Lipinski definition) is 4. The second-order valence-electron chi connectivity index (χ2n) is 3.57. The number of rotatable bonds is 3. The third-order valence-electron chi connectivity index (χ3n) is 2.25. The third kappa shape index (κ3) is 3.09. The predicted octanol–water partition coefficient (Wildman–Crippen LogP) is 3.21. The Morgan fingerprint density at radius 2 is 2.16 bits per heavy atom. The summed E-state index contributed by atoms with van der Waals surface area (Å²) in [6.45, 7) is 0. The van der Waals surface area contributed by atoms with Crippen molar-refractivity contribution in [1.29, 1.82) is 5.26 Å². The number of hydrogen-bond donors (Lipinski definition) is 1. The maximum atomic E-state index is 10.8. The van der Waals surface area contributed by atoms with Gasteiger partial charge in [0.2, 0.25) is 0 Å². The molecule has 1 N–H and O–H groups in total. The highest BCUT2D eigenvalue weighted by Gasteiger charge is 2.10. The fraction of sp³-hybridized carbons (Fsp3) is 0. The minimum absolute atomic E-state index is 0.0382. The number of benzene rings is 1. The van der Waals surface area contributed by atoms with E-state index in [0.29, 0.717) is 5.75 Å². The zero-order valence-corrected chi connectivity index (χ0v) is 11.1. The topological polar surface area (TPSA) is 83.2 Å². The normalized spacial score (nSPS) is 9.68. The van der Waals surface area contributed by atoms with Gasteiger partial charge in [-0.2, -0.15) is 5.26 Å². The summed E-state index contributed by atoms with van der Waals surface area (Å²) in [5.41, 5.74) is 0.191. The van der Waals surface area contributed by atoms with Crippen LogP contribution in [0, 0.1) is 11.3 Å². The molecule has 1 aromatic heterocycles. The second-order valence-corrected chi connectivity index (χ2v) is 4.48. The first-order chi connectivity index (χ1) is 9.10. The first kappa shape index (κ1) is 13.1. The Labute approximate surface area is 117 Å². The van der Waals surface area contributed by atoms with Crippen LogP contribution in [0.25, 0.3) is 0 Å². The molecule has 0 bridgehead atoms. The summed E-state index contributed by atoms with van der Waals surface area (Å²) in [6.07, 6.45) is 3.10. The molecule has 0 atom stereocenters. The number of carboxylic acids is 1. The molecule has 94 valence electrons. The van der Waals surface area contributed by atoms with Crippen molar-refractivity contribution >= 4 is 21.9 Å². The highest BCUT2D eigenvalue weighted by Crippen LogP contribution is 2.27. The van der Waals surface area contributed by atoms with Gasteiger partial charge in [-0.3, -0.25) is 4.98 Å². The summed E-state index contributed by atoms with van der Waals surface area (Å²) < 4.78 is 6.25. The molecule has 2 rings (SSSR count). The van der Waals surface area contributed by atoms with Crippen LogP contribution in [0.1, 0.15) is 15.9 Å². The van der Waals surface area contributed by atoms with Gasteiger partial charge in [0, 0.05) is 10.7 Å². The molecular weight excluding hydrogens is 312 g/mol. The Kier molecular flexibility index (Phi) is 3.78. The first-order valence-electron chi connectivity index (χ1n) is 5.16. The van der Waals surface area contributed by atoms with Crippen molar-refractivity contribution in [2.75, 3.05) is 0 Å². The van der Waals surface area contributed by atoms with Gasteiger partial charge in [-0.05, 0) is 40.2 Å². The zero-order chi connectivity index (χ0) is 13.8. The first-order valence-corrected chi connectivity index (χ1v) is 5.95. The Hall–Kier alpha value is -2.39. The predicted molar refractivity (Wildman–Crippen MR) is 70.1 cm³/mol. The average Bonchev–Trinajstić information content (AvgIpc) is 2.39. The number of aromatic carboxylic acids is 1. The Balaban J connectivity index is 2.36. The van der Waals surface area contributed by atoms with Crippen LogP contribution in [-0.4, -0.2) is 16.1 Å². The molecule has 1 aromatic carbocycles. The molecule has 0 unspecified atom stereocenters. The van der Waals surface area contributed by atoms with E-state index in [-0.39, 0.29) is 16.9 Å². The van der Waals surface area contributed by atoms with Crippen molar-refractivity contribution in [3.05, 3.63) is 52.3 Å². The van der Waals surface area contributed by atoms with E-state index < -0.39 is 5.97 Å². The van der Waals surface area contributed by atoms with E-state index >= 15 is 0 Å². The maximum absolute atomic E-state index is 10.8. The summed E-state index contributed by atoms with van der Waals surface area (Å²) in [6, 6.07) is 7.69. The van der Waals surface area contributed by atoms with Crippen molar-refractivity contribution in [3.63, 3.8) is 0 Å². The number of halogens is 1. The van der Waals surface area contributed by atoms with Crippen LogP contribution in [0.2, 0.25) is 0 Å². The van der Waals surface area contributed by atoms with Gasteiger partial charge in [-0.15, -0.1) is 0 Å². The molecule has 0 spiro atoms. The van der Waals surface area contributed by atoms with Gasteiger partial charge in [-0.1, -0.05) is 0 Å². The van der Waals surface area contributed by atoms with E-state index in [1.54, 1.807) is 12.3 Å². The number of ether oxygens (including phenoxy) is 1. The molecule has 5 nitrogen and oxygen atoms in total. The lowest BCUT2D eigenvalue weighted by Gasteiger charge is -2.07. The standard InChI is InChI=1S/C13H7BrN2O3/c14-10-4-11(7-16-6-10)19-12-2-1-8(13(17)18)3-9(12)5-15/h1-4,6-7H,(H,17,18). The molecule has 0 aliphatic carbocycles. The smallest absolute Gasteiger partial charge is 0.335 e. The van der Waals surface area contributed by atoms with Crippen LogP contribution in [0.4, 0.5) is 0 Å². The molecule has 0 saturated heterocycles. The Morgan fingerprint density at radius 1 is 1.37 bits per heavy atom. The zero-order valence-electron chi connectivity index (χ0n) is 9.50. The van der Waals surface area contributed by atoms with E-state index in [9.17, 15) is 4.79 Å². The van der Waals surface area contributed by atoms with E-state index in [1.165, 1.54) is 24.4 Å². The van der Waals surface area contributed by atoms with Crippen LogP contribution in [0.5, 0.6) is 11.5 Å². The Bertz CT molecular complexity index is 680. The minimum atomic E-state index is -1.09. The minimum Gasteiger partial charge on any atom is -0.478 e. The lowest BCUT2D eigenvalue weighted by molar-refractivity contribution is 0.0697. The summed E-state index contributed by atoms with van der Waals surface area (Å²) in [5.74, 6) is -0.353. The Morgan fingerprint density at radius 3 is 2.79 bits per heavy atom. The van der Waals surface area contributed by atoms with Crippen LogP contribution < -0.4 is 4.74 Å². The molecule has 0 saturated carbocycles. The summed E-state index contributed by atoms with van der Waals surface area (Å²) >= 11 is 3.26. The SMILES string of the molecule is N#Cc1cc(C(=O)O)ccc1Oc1cncc(Br)c1. The monoisotopic (exact) mass is 318 g/mol. The maximum Gasteiger partial charge on any atom is 0.335 e. The van der Waals surface area contributed by atoms with Crippen LogP contribution >= 0.6 is 15.9 Å². The van der Waals surface area contributed by atoms with Crippen molar-refractivity contribution in [2.24, 2.45) is 0 Å². The van der Waals surface area contributed by atoms with E-state index in [0.717, 1.165) is 4.47 Å². The van der Waals surface area contributed by atoms with Gasteiger partial charge in [0.05, 0.1) is 17.3 Å². The molecule has 0 aliphatic rings. The average molecular weight is 319 g/mol. The molecule has 1 heterocycles. The number of nitriles is 1. The lowest BCUT2D eigenvalue weighted by atomic mass is 10.1. The van der Waals surface area contributed by atoms with E-state index in [1.807, 2.05) is 6.07 Å². The summed E-state index contributed by atoms with van der Waals surface area (Å²) in [4.78, 5) is 14.7. The summed E-state index contributed by atoms with van der Waals surface area (Å²) in [5, 5.41) is 17.9. The number of nitrogens with zero attached hydrogens (tertiary/aromatic N) is 2. The van der Waals surface area contributed by atoms with Crippen molar-refractivity contribution in [1.82, 2.24) is 4.98 Å². The van der Waals surface area contributed by atoms with Crippen LogP contribution in [-0.2, 0) is 0 Å². The number of aromatic nitrogens is 1. The second kappa shape index (κ2) is 5.50. The van der Waals surface area contributed by atoms with Gasteiger partial charge >= 0.3 is 5.97 Å². The van der Waals surface area contributed by atoms with Crippen molar-refractivity contribution in [3.8, 4) is 17.6 Å². The van der Waals surface area contributed by atoms with Gasteiger partial charge in [0.1, 0.15) is 17.6 Å². The van der Waals surface area contributed by atoms with E-state index in [2.05, 4.69) is 20.9 Å². The molecule has 6 heteroatoms. The molecule has 0 fully saturated rings. The van der Waals surface area contributed by atoms with E-state index in [4.69, 9.17) is 15.1 Å². The third-order valence-corrected chi connectivity index (χ3v) is 2.69. The molecule has 2 aromatic rings. The quantitative estimate of drug-likeness (QED) is 0.939. The number of carbonyl (C=O) groups is 1. The fourth-order valence-corrected chi connectivity index (χ4v) is 1.76. The summed E-state index contributed by atoms with van der Waals surface area (Å²) in [7, 11) is 0. The van der Waals surface area contributed by atoms with Gasteiger partial charge in [0.25, 0.3) is 0 Å². The van der Waals surface area contributed by atoms with Crippen molar-refractivity contribution in [2.45, 2.75) is 0 Å². The lowest BCUT2D eigenvalue weighted by Crippen LogP contribution is -1.98. The molecule has 0 amide bonds. The number of pyridine rings is 1. The molecular formula is C13H7BrN2O3. The fourth-order valence-electron chi connectivity index (χ4n) is 1.41. The molecule has 0 radical (unpaired) electrons. The van der Waals surface area contributed by atoms with Crippen LogP contribution in [0.15, 0.2) is 41.1 Å². The van der Waals surface area contributed by atoms with Crippen molar-refractivity contribution < 1.29 is 14.6 Å². The highest BCUT2D eigenvalue weighted by atomic mass is 79.9. The van der Waals surface area contributed by atoms with Gasteiger partial charge in [-0.25, -0.2) is 4.79 Å². The number of carboxylic acid groups (broad SMARTS) is 1. The van der Waals surface area contributed by atoms with Crippen LogP contribution in [0.3, 0.4) is 0 Å². The largest absolute Gasteiger partial charge is 0.478 e.